The Balaban J connectivity index is 0.00000400. The van der Waals surface area contributed by atoms with Crippen LogP contribution in [0.1, 0.15) is 54.0 Å². The molecule has 6 rings (SSSR count). The topological polar surface area (TPSA) is 88.0 Å². The number of nitrogens with one attached hydrogen (secondary N) is 1. The molecule has 4 aromatic rings. The zero-order chi connectivity index (χ0) is 30.3. The number of morpholine rings is 1. The summed E-state index contributed by atoms with van der Waals surface area (Å²) in [6.07, 6.45) is 2.50. The van der Waals surface area contributed by atoms with Gasteiger partial charge < -0.3 is 15.2 Å². The van der Waals surface area contributed by atoms with Crippen molar-refractivity contribution in [2.24, 2.45) is 10.9 Å². The van der Waals surface area contributed by atoms with Crippen LogP contribution >= 0.6 is 0 Å². The number of hydrogen-bond donors (Lipinski definition) is 2. The van der Waals surface area contributed by atoms with Crippen LogP contribution in [0.3, 0.4) is 0 Å². The van der Waals surface area contributed by atoms with Gasteiger partial charge in [-0.05, 0) is 46.7 Å². The molecule has 0 amide bonds. The number of para-hydroxylation sites is 1. The van der Waals surface area contributed by atoms with Crippen LogP contribution in [-0.4, -0.2) is 47.9 Å². The van der Waals surface area contributed by atoms with E-state index in [2.05, 4.69) is 29.6 Å². The van der Waals surface area contributed by atoms with Gasteiger partial charge in [-0.1, -0.05) is 111 Å². The highest BCUT2D eigenvalue weighted by Crippen LogP contribution is 2.36. The molecule has 232 valence electrons. The van der Waals surface area contributed by atoms with E-state index in [-0.39, 0.29) is 44.1 Å². The Bertz CT molecular complexity index is 1570. The summed E-state index contributed by atoms with van der Waals surface area (Å²) >= 11 is 0. The molecule has 0 radical (unpaired) electrons. The van der Waals surface area contributed by atoms with Gasteiger partial charge in [0.2, 0.25) is 0 Å². The monoisotopic (exact) mass is 602 g/mol. The summed E-state index contributed by atoms with van der Waals surface area (Å²) in [5.41, 5.74) is 7.40. The predicted molar refractivity (Wildman–Crippen MR) is 179 cm³/mol. The van der Waals surface area contributed by atoms with Crippen molar-refractivity contribution in [1.29, 1.82) is 0 Å². The van der Waals surface area contributed by atoms with Crippen molar-refractivity contribution < 1.29 is 19.4 Å². The number of rotatable bonds is 12. The number of ketones is 1. The lowest BCUT2D eigenvalue weighted by atomic mass is 9.75. The number of hydrogen-bond acceptors (Lipinski definition) is 5. The quantitative estimate of drug-likeness (QED) is 0.183. The lowest BCUT2D eigenvalue weighted by Crippen LogP contribution is -2.50. The Morgan fingerprint density at radius 3 is 2.09 bits per heavy atom. The minimum Gasteiger partial charge on any atom is -0.481 e. The van der Waals surface area contributed by atoms with Gasteiger partial charge in [0.1, 0.15) is 5.78 Å². The van der Waals surface area contributed by atoms with Gasteiger partial charge in [0, 0.05) is 36.9 Å². The van der Waals surface area contributed by atoms with Crippen molar-refractivity contribution >= 4 is 23.2 Å². The molecule has 3 atom stereocenters. The highest BCUT2D eigenvalue weighted by atomic mass is 16.5. The number of aliphatic imine (C=N–C) groups is 1. The van der Waals surface area contributed by atoms with Gasteiger partial charge in [-0.15, -0.1) is 0 Å². The Kier molecular flexibility index (Phi) is 10.7. The van der Waals surface area contributed by atoms with Crippen LogP contribution in [0.25, 0.3) is 0 Å². The first kappa shape index (κ1) is 32.0. The number of carbonyl (C=O) groups is 2. The second-order valence-electron chi connectivity index (χ2n) is 11.8. The van der Waals surface area contributed by atoms with Crippen LogP contribution < -0.4 is 5.32 Å². The molecule has 0 bridgehead atoms. The molecule has 0 spiro atoms. The molecule has 0 aromatic heterocycles. The van der Waals surface area contributed by atoms with E-state index in [0.717, 1.165) is 59.5 Å². The maximum absolute atomic E-state index is 14.0. The summed E-state index contributed by atoms with van der Waals surface area (Å²) in [5.74, 6) is -2.08. The van der Waals surface area contributed by atoms with E-state index in [4.69, 9.17) is 9.73 Å². The minimum absolute atomic E-state index is 0. The van der Waals surface area contributed by atoms with Gasteiger partial charge in [-0.25, -0.2) is 0 Å². The standard InChI is InChI=1S/C38H38N2O4.CH4/c41-36(32(23-37(42)43)38(27-12-3-1-4-13-27)28-14-5-2-6-15-28)22-29-16-8-7-11-26(29)19-20-31-24-39-35(25-44-31)34-21-30-17-9-10-18-33(30)40-34;/h1-18,31-32,35,38-39H,19-25H2,(H,42,43);1H4/t31-,32-,35+;/m1./s1. The van der Waals surface area contributed by atoms with E-state index in [0.29, 0.717) is 6.61 Å². The van der Waals surface area contributed by atoms with Crippen molar-refractivity contribution in [3.63, 3.8) is 0 Å². The summed E-state index contributed by atoms with van der Waals surface area (Å²) in [6, 6.07) is 36.0. The summed E-state index contributed by atoms with van der Waals surface area (Å²) in [7, 11) is 0. The fourth-order valence-electron chi connectivity index (χ4n) is 6.58. The number of aliphatic carboxylic acids is 1. The SMILES string of the molecule is C.O=C(O)C[C@H](C(=O)Cc1ccccc1CC[C@@H]1CN[C@H](C2=Nc3ccccc3C2)CO1)C(c1ccccc1)c1ccccc1. The molecule has 45 heavy (non-hydrogen) atoms. The molecule has 4 aromatic carbocycles. The van der Waals surface area contributed by atoms with Gasteiger partial charge in [-0.3, -0.25) is 14.6 Å². The second kappa shape index (κ2) is 15.1. The highest BCUT2D eigenvalue weighted by molar-refractivity contribution is 5.98. The Hall–Kier alpha value is -4.39. The van der Waals surface area contributed by atoms with Crippen molar-refractivity contribution in [2.75, 3.05) is 13.2 Å². The number of carbonyl (C=O) groups excluding carboxylic acids is 1. The van der Waals surface area contributed by atoms with Gasteiger partial charge in [-0.2, -0.15) is 0 Å². The average molecular weight is 603 g/mol. The number of fused-ring (bicyclic) bond motifs is 1. The van der Waals surface area contributed by atoms with Crippen molar-refractivity contribution in [1.82, 2.24) is 5.32 Å². The molecule has 6 heteroatoms. The first-order chi connectivity index (χ1) is 21.5. The molecule has 0 saturated carbocycles. The largest absolute Gasteiger partial charge is 0.481 e. The van der Waals surface area contributed by atoms with Gasteiger partial charge in [0.25, 0.3) is 0 Å². The van der Waals surface area contributed by atoms with Gasteiger partial charge in [0.05, 0.1) is 30.9 Å². The van der Waals surface area contributed by atoms with E-state index in [1.54, 1.807) is 0 Å². The van der Waals surface area contributed by atoms with Crippen molar-refractivity contribution in [3.05, 3.63) is 137 Å². The number of carboxylic acids is 1. The lowest BCUT2D eigenvalue weighted by molar-refractivity contribution is -0.140. The normalized spacial score (nSPS) is 18.0. The number of benzene rings is 4. The first-order valence-corrected chi connectivity index (χ1v) is 15.5. The average Bonchev–Trinajstić information content (AvgIpc) is 3.50. The van der Waals surface area contributed by atoms with E-state index >= 15 is 0 Å². The number of Topliss-reactive ketones (excluding diaryl/α,β-unsaturated/α-hetero) is 1. The number of nitrogens with zero attached hydrogens (tertiary/aromatic N) is 1. The molecule has 2 aliphatic heterocycles. The molecular weight excluding hydrogens is 560 g/mol. The number of ether oxygens (including phenoxy) is 1. The van der Waals surface area contributed by atoms with Crippen molar-refractivity contribution in [3.8, 4) is 0 Å². The fourth-order valence-corrected chi connectivity index (χ4v) is 6.58. The number of aryl methyl sites for hydroxylation is 1. The molecule has 2 heterocycles. The molecule has 6 nitrogen and oxygen atoms in total. The van der Waals surface area contributed by atoms with Crippen LogP contribution in [0.5, 0.6) is 0 Å². The molecular formula is C39H42N2O4. The van der Waals surface area contributed by atoms with E-state index in [1.807, 2.05) is 84.9 Å². The van der Waals surface area contributed by atoms with E-state index in [1.165, 1.54) is 5.56 Å². The Morgan fingerprint density at radius 2 is 1.47 bits per heavy atom. The lowest BCUT2D eigenvalue weighted by Gasteiger charge is -2.30. The van der Waals surface area contributed by atoms with E-state index in [9.17, 15) is 14.7 Å². The summed E-state index contributed by atoms with van der Waals surface area (Å²) in [5, 5.41) is 13.5. The van der Waals surface area contributed by atoms with Crippen LogP contribution in [0, 0.1) is 5.92 Å². The molecule has 0 aliphatic carbocycles. The van der Waals surface area contributed by atoms with Gasteiger partial charge >= 0.3 is 5.97 Å². The molecule has 2 aliphatic rings. The molecule has 2 N–H and O–H groups in total. The molecule has 0 unspecified atom stereocenters. The zero-order valence-electron chi connectivity index (χ0n) is 24.8. The van der Waals surface area contributed by atoms with Gasteiger partial charge in [0.15, 0.2) is 0 Å². The maximum Gasteiger partial charge on any atom is 0.304 e. The Labute approximate surface area is 266 Å². The fraction of sp³-hybridized carbons (Fsp3) is 0.308. The number of carboxylic acid groups (broad SMARTS) is 1. The van der Waals surface area contributed by atoms with E-state index < -0.39 is 11.9 Å². The van der Waals surface area contributed by atoms with Crippen LogP contribution in [0.4, 0.5) is 5.69 Å². The maximum atomic E-state index is 14.0. The summed E-state index contributed by atoms with van der Waals surface area (Å²) in [6.45, 7) is 1.34. The summed E-state index contributed by atoms with van der Waals surface area (Å²) in [4.78, 5) is 30.9. The summed E-state index contributed by atoms with van der Waals surface area (Å²) < 4.78 is 6.28. The van der Waals surface area contributed by atoms with Crippen LogP contribution in [0.15, 0.2) is 114 Å². The first-order valence-electron chi connectivity index (χ1n) is 15.5. The smallest absolute Gasteiger partial charge is 0.304 e. The highest BCUT2D eigenvalue weighted by Gasteiger charge is 2.33. The second-order valence-corrected chi connectivity index (χ2v) is 11.8. The predicted octanol–water partition coefficient (Wildman–Crippen LogP) is 6.98. The Morgan fingerprint density at radius 1 is 0.844 bits per heavy atom. The third-order valence-electron chi connectivity index (χ3n) is 8.87. The minimum atomic E-state index is -0.971. The third-order valence-corrected chi connectivity index (χ3v) is 8.87. The van der Waals surface area contributed by atoms with Crippen molar-refractivity contribution in [2.45, 2.75) is 57.6 Å². The molecule has 1 saturated heterocycles. The zero-order valence-corrected chi connectivity index (χ0v) is 24.8. The van der Waals surface area contributed by atoms with Crippen LogP contribution in [-0.2, 0) is 33.6 Å². The molecule has 1 fully saturated rings. The van der Waals surface area contributed by atoms with Crippen LogP contribution in [0.2, 0.25) is 0 Å². The third kappa shape index (κ3) is 7.83.